The van der Waals surface area contributed by atoms with Gasteiger partial charge in [-0.3, -0.25) is 0 Å². The van der Waals surface area contributed by atoms with Gasteiger partial charge in [0.1, 0.15) is 0 Å². The van der Waals surface area contributed by atoms with Crippen LogP contribution in [-0.4, -0.2) is 5.48 Å². The zero-order valence-corrected chi connectivity index (χ0v) is 5.68. The van der Waals surface area contributed by atoms with Gasteiger partial charge in [0, 0.05) is 0 Å². The topological polar surface area (TPSA) is 30.0 Å². The Morgan fingerprint density at radius 3 is 0.714 bits per heavy atom. The van der Waals surface area contributed by atoms with E-state index in [1.165, 1.54) is 0 Å². The van der Waals surface area contributed by atoms with Crippen molar-refractivity contribution < 1.29 is 38.7 Å². The van der Waals surface area contributed by atoms with Crippen LogP contribution in [0.3, 0.4) is 0 Å². The SMILES string of the molecule is [F][W]([F])([F])([F])[F].[OH-]. The molecule has 0 saturated heterocycles. The molecular weight excluding hydrogens is 295 g/mol. The number of rotatable bonds is 0. The first kappa shape index (κ1) is 10.3. The van der Waals surface area contributed by atoms with Crippen molar-refractivity contribution >= 4 is 0 Å². The molecule has 0 heterocycles. The van der Waals surface area contributed by atoms with Crippen LogP contribution in [-0.2, 0) is 17.4 Å². The van der Waals surface area contributed by atoms with Gasteiger partial charge in [0.2, 0.25) is 0 Å². The molecule has 0 unspecified atom stereocenters. The van der Waals surface area contributed by atoms with Crippen molar-refractivity contribution in [1.82, 2.24) is 0 Å². The minimum absolute atomic E-state index is 0. The van der Waals surface area contributed by atoms with E-state index >= 15 is 0 Å². The summed E-state index contributed by atoms with van der Waals surface area (Å²) < 4.78 is 49.6. The molecule has 0 rings (SSSR count). The summed E-state index contributed by atoms with van der Waals surface area (Å²) in [6, 6.07) is 0. The third kappa shape index (κ3) is 1310. The van der Waals surface area contributed by atoms with Crippen LogP contribution in [0, 0.1) is 0 Å². The Bertz CT molecular complexity index is 41.3. The van der Waals surface area contributed by atoms with Gasteiger partial charge in [0.15, 0.2) is 0 Å². The van der Waals surface area contributed by atoms with Crippen LogP contribution >= 0.6 is 0 Å². The van der Waals surface area contributed by atoms with E-state index in [1.807, 2.05) is 0 Å². The summed E-state index contributed by atoms with van der Waals surface area (Å²) >= 11 is -9.25. The predicted molar refractivity (Wildman–Crippen MR) is 7.48 cm³/mol. The molecule has 0 radical (unpaired) electrons. The van der Waals surface area contributed by atoms with E-state index in [-0.39, 0.29) is 5.48 Å². The van der Waals surface area contributed by atoms with Gasteiger partial charge < -0.3 is 5.48 Å². The minimum Gasteiger partial charge on any atom is -0.870 e. The summed E-state index contributed by atoms with van der Waals surface area (Å²) in [7, 11) is 0. The second-order valence-electron chi connectivity index (χ2n) is 0.583. The van der Waals surface area contributed by atoms with Gasteiger partial charge in [0.05, 0.1) is 0 Å². The van der Waals surface area contributed by atoms with Crippen LogP contribution in [0.1, 0.15) is 0 Å². The maximum Gasteiger partial charge on any atom is -0.870 e. The second kappa shape index (κ2) is 1.67. The molecule has 0 aliphatic rings. The Kier molecular flexibility index (Phi) is 2.46. The Hall–Kier alpha value is 0.298. The van der Waals surface area contributed by atoms with Crippen molar-refractivity contribution in [2.75, 3.05) is 0 Å². The van der Waals surface area contributed by atoms with Crippen molar-refractivity contribution in [3.8, 4) is 0 Å². The monoisotopic (exact) mass is 296 g/mol. The van der Waals surface area contributed by atoms with E-state index in [0.717, 1.165) is 0 Å². The van der Waals surface area contributed by atoms with E-state index in [4.69, 9.17) is 0 Å². The molecule has 1 N–H and O–H groups in total. The van der Waals surface area contributed by atoms with Crippen molar-refractivity contribution in [1.29, 1.82) is 0 Å². The molecular formula is HF5OW-. The van der Waals surface area contributed by atoms with Gasteiger partial charge in [0.25, 0.3) is 0 Å². The molecule has 0 atom stereocenters. The van der Waals surface area contributed by atoms with Crippen molar-refractivity contribution in [3.05, 3.63) is 0 Å². The average molecular weight is 296 g/mol. The van der Waals surface area contributed by atoms with Crippen LogP contribution in [0.25, 0.3) is 0 Å². The van der Waals surface area contributed by atoms with Crippen LogP contribution in [0.15, 0.2) is 0 Å². The fourth-order valence-electron chi connectivity index (χ4n) is 0. The van der Waals surface area contributed by atoms with Crippen molar-refractivity contribution in [2.24, 2.45) is 0 Å². The minimum atomic E-state index is -9.25. The third-order valence-corrected chi connectivity index (χ3v) is 0. The predicted octanol–water partition coefficient (Wildman–Crippen LogP) is 1.92. The van der Waals surface area contributed by atoms with E-state index in [0.29, 0.717) is 0 Å². The average Bonchev–Trinajstić information content (AvgIpc) is 0.650. The molecule has 0 aliphatic carbocycles. The smallest absolute Gasteiger partial charge is 0.870 e. The standard InChI is InChI=1S/5FH.H2O.W/h5*1H;1H2;/q;;;;;;+5/p-6. The van der Waals surface area contributed by atoms with Gasteiger partial charge in [-0.25, -0.2) is 0 Å². The largest absolute Gasteiger partial charge is 0.870 e. The van der Waals surface area contributed by atoms with E-state index in [9.17, 15) is 15.8 Å². The zero-order chi connectivity index (χ0) is 5.45. The molecule has 7 heteroatoms. The molecule has 0 aliphatic heterocycles. The summed E-state index contributed by atoms with van der Waals surface area (Å²) in [6.07, 6.45) is 0. The Balaban J connectivity index is 0. The normalized spacial score (nSPS) is 16.4. The van der Waals surface area contributed by atoms with Gasteiger partial charge in [-0.2, -0.15) is 0 Å². The van der Waals surface area contributed by atoms with Crippen LogP contribution in [0.4, 0.5) is 15.8 Å². The van der Waals surface area contributed by atoms with Crippen molar-refractivity contribution in [3.63, 3.8) is 0 Å². The summed E-state index contributed by atoms with van der Waals surface area (Å²) in [5, 5.41) is 0. The molecule has 49 valence electrons. The molecule has 1 nitrogen and oxygen atoms in total. The van der Waals surface area contributed by atoms with E-state index < -0.39 is 17.4 Å². The molecule has 0 bridgehead atoms. The first-order chi connectivity index (χ1) is 2.24. The molecule has 7 heavy (non-hydrogen) atoms. The number of halogens is 5. The summed E-state index contributed by atoms with van der Waals surface area (Å²) in [5.41, 5.74) is 0. The summed E-state index contributed by atoms with van der Waals surface area (Å²) in [5.74, 6) is 0. The molecule has 0 aromatic carbocycles. The molecule has 0 amide bonds. The molecule has 0 aromatic heterocycles. The van der Waals surface area contributed by atoms with E-state index in [1.54, 1.807) is 0 Å². The van der Waals surface area contributed by atoms with Crippen LogP contribution < -0.4 is 0 Å². The Labute approximate surface area is 39.5 Å². The Morgan fingerprint density at radius 1 is 0.714 bits per heavy atom. The second-order valence-corrected chi connectivity index (χ2v) is 4.77. The Morgan fingerprint density at radius 2 is 0.714 bits per heavy atom. The first-order valence-corrected chi connectivity index (χ1v) is 6.32. The quantitative estimate of drug-likeness (QED) is 0.628. The van der Waals surface area contributed by atoms with Gasteiger partial charge in [-0.1, -0.05) is 0 Å². The molecule has 0 aromatic rings. The fraction of sp³-hybridized carbons (Fsp3) is 0. The molecule has 0 saturated carbocycles. The molecule has 0 fully saturated rings. The zero-order valence-electron chi connectivity index (χ0n) is 2.75. The van der Waals surface area contributed by atoms with Crippen molar-refractivity contribution in [2.45, 2.75) is 0 Å². The van der Waals surface area contributed by atoms with E-state index in [2.05, 4.69) is 0 Å². The van der Waals surface area contributed by atoms with Gasteiger partial charge >= 0.3 is 33.2 Å². The summed E-state index contributed by atoms with van der Waals surface area (Å²) in [4.78, 5) is 0. The number of hydrogen-bond donors (Lipinski definition) is 0. The van der Waals surface area contributed by atoms with Gasteiger partial charge in [-0.15, -0.1) is 0 Å². The molecule has 0 spiro atoms. The third-order valence-electron chi connectivity index (χ3n) is 0. The fourth-order valence-corrected chi connectivity index (χ4v) is 0. The maximum atomic E-state index is 9.92. The van der Waals surface area contributed by atoms with Crippen LogP contribution in [0.5, 0.6) is 0 Å². The van der Waals surface area contributed by atoms with Gasteiger partial charge in [-0.05, 0) is 0 Å². The number of hydrogen-bond acceptors (Lipinski definition) is 1. The van der Waals surface area contributed by atoms with Crippen LogP contribution in [0.2, 0.25) is 0 Å². The summed E-state index contributed by atoms with van der Waals surface area (Å²) in [6.45, 7) is 0. The first-order valence-electron chi connectivity index (χ1n) is 0.772. The maximum absolute atomic E-state index is 9.92.